The third kappa shape index (κ3) is 5.58. The Labute approximate surface area is 87.8 Å². The van der Waals surface area contributed by atoms with Gasteiger partial charge in [0.05, 0.1) is 0 Å². The van der Waals surface area contributed by atoms with E-state index in [2.05, 4.69) is 17.4 Å². The lowest BCUT2D eigenvalue weighted by Crippen LogP contribution is -2.43. The Balaban J connectivity index is 1.82. The zero-order valence-electron chi connectivity index (χ0n) is 9.43. The maximum Gasteiger partial charge on any atom is 0.112 e. The van der Waals surface area contributed by atoms with Crippen LogP contribution in [0.25, 0.3) is 0 Å². The fraction of sp³-hybridized carbons (Fsp3) is 1.00. The van der Waals surface area contributed by atoms with E-state index < -0.39 is 0 Å². The van der Waals surface area contributed by atoms with E-state index in [-0.39, 0.29) is 0 Å². The highest BCUT2D eigenvalue weighted by molar-refractivity contribution is 4.53. The molecule has 0 atom stereocenters. The molecular weight excluding hydrogens is 176 g/mol. The summed E-state index contributed by atoms with van der Waals surface area (Å²) in [7, 11) is 0. The summed E-state index contributed by atoms with van der Waals surface area (Å²) in [6, 6.07) is 0. The second-order valence-electron chi connectivity index (χ2n) is 3.98. The molecule has 0 unspecified atom stereocenters. The molecule has 0 aromatic carbocycles. The van der Waals surface area contributed by atoms with E-state index in [1.807, 2.05) is 0 Å². The molecule has 3 heteroatoms. The first-order valence-corrected chi connectivity index (χ1v) is 5.99. The smallest absolute Gasteiger partial charge is 0.112 e. The maximum atomic E-state index is 5.34. The van der Waals surface area contributed by atoms with E-state index in [1.165, 1.54) is 32.1 Å². The molecule has 0 aliphatic carbocycles. The average molecular weight is 200 g/mol. The van der Waals surface area contributed by atoms with E-state index in [0.717, 1.165) is 32.8 Å². The number of nitrogens with zero attached hydrogens (tertiary/aromatic N) is 1. The van der Waals surface area contributed by atoms with Gasteiger partial charge in [0, 0.05) is 19.7 Å². The van der Waals surface area contributed by atoms with E-state index >= 15 is 0 Å². The van der Waals surface area contributed by atoms with Crippen LogP contribution in [0.3, 0.4) is 0 Å². The van der Waals surface area contributed by atoms with Gasteiger partial charge in [-0.15, -0.1) is 0 Å². The maximum absolute atomic E-state index is 5.34. The molecule has 0 aromatic rings. The Morgan fingerprint density at radius 2 is 2.07 bits per heavy atom. The summed E-state index contributed by atoms with van der Waals surface area (Å²) in [6.45, 7) is 6.18. The van der Waals surface area contributed by atoms with Crippen LogP contribution in [0.1, 0.15) is 45.4 Å². The number of ether oxygens (including phenoxy) is 1. The minimum absolute atomic E-state index is 0.759. The number of hydrogen-bond acceptors (Lipinski definition) is 3. The number of hydrogen-bond donors (Lipinski definition) is 1. The van der Waals surface area contributed by atoms with Gasteiger partial charge in [0.25, 0.3) is 0 Å². The van der Waals surface area contributed by atoms with Crippen LogP contribution in [0.4, 0.5) is 0 Å². The molecule has 84 valence electrons. The summed E-state index contributed by atoms with van der Waals surface area (Å²) in [5.41, 5.74) is 3.41. The second kappa shape index (κ2) is 8.21. The fourth-order valence-corrected chi connectivity index (χ4v) is 1.69. The van der Waals surface area contributed by atoms with Crippen LogP contribution in [0, 0.1) is 0 Å². The van der Waals surface area contributed by atoms with Crippen molar-refractivity contribution in [2.75, 3.05) is 26.4 Å². The molecule has 0 bridgehead atoms. The van der Waals surface area contributed by atoms with E-state index in [4.69, 9.17) is 4.74 Å². The van der Waals surface area contributed by atoms with Gasteiger partial charge < -0.3 is 4.74 Å². The van der Waals surface area contributed by atoms with Crippen LogP contribution < -0.4 is 5.43 Å². The van der Waals surface area contributed by atoms with Crippen LogP contribution in [0.15, 0.2) is 0 Å². The third-order valence-electron chi connectivity index (χ3n) is 2.58. The molecule has 1 aliphatic heterocycles. The predicted octanol–water partition coefficient (Wildman–Crippen LogP) is 2.14. The van der Waals surface area contributed by atoms with Crippen LogP contribution in [0.5, 0.6) is 0 Å². The number of hydrazine groups is 1. The van der Waals surface area contributed by atoms with Crippen molar-refractivity contribution in [3.8, 4) is 0 Å². The number of nitrogens with one attached hydrogen (secondary N) is 1. The van der Waals surface area contributed by atoms with Crippen molar-refractivity contribution in [3.63, 3.8) is 0 Å². The summed E-state index contributed by atoms with van der Waals surface area (Å²) in [4.78, 5) is 0. The van der Waals surface area contributed by atoms with Crippen molar-refractivity contribution in [1.29, 1.82) is 0 Å². The van der Waals surface area contributed by atoms with Gasteiger partial charge in [-0.1, -0.05) is 32.6 Å². The SMILES string of the molecule is CCCCCCCNN1CCCOC1. The van der Waals surface area contributed by atoms with E-state index in [1.54, 1.807) is 0 Å². The second-order valence-corrected chi connectivity index (χ2v) is 3.98. The third-order valence-corrected chi connectivity index (χ3v) is 2.58. The number of rotatable bonds is 7. The predicted molar refractivity (Wildman–Crippen MR) is 58.9 cm³/mol. The highest BCUT2D eigenvalue weighted by Gasteiger charge is 2.08. The Kier molecular flexibility index (Phi) is 7.01. The van der Waals surface area contributed by atoms with Gasteiger partial charge in [-0.05, 0) is 12.8 Å². The summed E-state index contributed by atoms with van der Waals surface area (Å²) in [6.07, 6.45) is 7.89. The van der Waals surface area contributed by atoms with Crippen molar-refractivity contribution >= 4 is 0 Å². The Morgan fingerprint density at radius 3 is 2.79 bits per heavy atom. The molecule has 1 rings (SSSR count). The van der Waals surface area contributed by atoms with Crippen LogP contribution >= 0.6 is 0 Å². The monoisotopic (exact) mass is 200 g/mol. The first-order valence-electron chi connectivity index (χ1n) is 5.99. The van der Waals surface area contributed by atoms with Crippen molar-refractivity contribution in [2.45, 2.75) is 45.4 Å². The van der Waals surface area contributed by atoms with Crippen LogP contribution in [0.2, 0.25) is 0 Å². The highest BCUT2D eigenvalue weighted by Crippen LogP contribution is 2.02. The summed E-state index contributed by atoms with van der Waals surface area (Å²) >= 11 is 0. The fourth-order valence-electron chi connectivity index (χ4n) is 1.69. The average Bonchev–Trinajstić information content (AvgIpc) is 2.25. The molecule has 1 saturated heterocycles. The normalized spacial score (nSPS) is 18.6. The van der Waals surface area contributed by atoms with Gasteiger partial charge in [-0.3, -0.25) is 5.43 Å². The molecule has 3 nitrogen and oxygen atoms in total. The van der Waals surface area contributed by atoms with Gasteiger partial charge >= 0.3 is 0 Å². The molecule has 0 aromatic heterocycles. The lowest BCUT2D eigenvalue weighted by atomic mass is 10.2. The molecule has 0 radical (unpaired) electrons. The highest BCUT2D eigenvalue weighted by atomic mass is 16.5. The molecule has 0 amide bonds. The molecule has 0 saturated carbocycles. The van der Waals surface area contributed by atoms with Gasteiger partial charge in [-0.25, -0.2) is 5.01 Å². The Morgan fingerprint density at radius 1 is 1.21 bits per heavy atom. The summed E-state index contributed by atoms with van der Waals surface area (Å²) in [5.74, 6) is 0. The lowest BCUT2D eigenvalue weighted by Gasteiger charge is -2.27. The van der Waals surface area contributed by atoms with Crippen molar-refractivity contribution in [1.82, 2.24) is 10.4 Å². The van der Waals surface area contributed by atoms with E-state index in [9.17, 15) is 0 Å². The Hall–Kier alpha value is -0.120. The molecule has 1 fully saturated rings. The van der Waals surface area contributed by atoms with Gasteiger partial charge in [0.1, 0.15) is 6.73 Å². The standard InChI is InChI=1S/C11H24N2O/c1-2-3-4-5-6-8-12-13-9-7-10-14-11-13/h12H,2-11H2,1H3. The largest absolute Gasteiger partial charge is 0.365 e. The first kappa shape index (κ1) is 12.0. The van der Waals surface area contributed by atoms with Crippen molar-refractivity contribution in [3.05, 3.63) is 0 Å². The van der Waals surface area contributed by atoms with Gasteiger partial charge in [0.2, 0.25) is 0 Å². The number of unbranched alkanes of at least 4 members (excludes halogenated alkanes) is 4. The van der Waals surface area contributed by atoms with E-state index in [0.29, 0.717) is 0 Å². The van der Waals surface area contributed by atoms with Gasteiger partial charge in [-0.2, -0.15) is 0 Å². The van der Waals surface area contributed by atoms with Crippen molar-refractivity contribution < 1.29 is 4.74 Å². The minimum Gasteiger partial charge on any atom is -0.365 e. The molecule has 1 N–H and O–H groups in total. The van der Waals surface area contributed by atoms with Crippen LogP contribution in [-0.2, 0) is 4.74 Å². The molecule has 0 spiro atoms. The summed E-state index contributed by atoms with van der Waals surface area (Å²) < 4.78 is 5.34. The first-order chi connectivity index (χ1) is 6.93. The lowest BCUT2D eigenvalue weighted by molar-refractivity contribution is -0.0414. The zero-order valence-corrected chi connectivity index (χ0v) is 9.43. The topological polar surface area (TPSA) is 24.5 Å². The van der Waals surface area contributed by atoms with Crippen molar-refractivity contribution in [2.24, 2.45) is 0 Å². The minimum atomic E-state index is 0.759. The molecule has 14 heavy (non-hydrogen) atoms. The molecular formula is C11H24N2O. The van der Waals surface area contributed by atoms with Gasteiger partial charge in [0.15, 0.2) is 0 Å². The quantitative estimate of drug-likeness (QED) is 0.637. The molecule has 1 aliphatic rings. The molecule has 1 heterocycles. The van der Waals surface area contributed by atoms with Crippen LogP contribution in [-0.4, -0.2) is 31.4 Å². The zero-order chi connectivity index (χ0) is 10.1. The Bertz CT molecular complexity index is 124. The summed E-state index contributed by atoms with van der Waals surface area (Å²) in [5, 5.41) is 2.18.